The van der Waals surface area contributed by atoms with E-state index in [1.807, 2.05) is 67.6 Å². The number of nitrogens with zero attached hydrogens (tertiary/aromatic N) is 3. The van der Waals surface area contributed by atoms with Crippen molar-refractivity contribution in [1.82, 2.24) is 20.1 Å². The number of pyridine rings is 1. The number of furan rings is 1. The minimum absolute atomic E-state index is 0.253. The van der Waals surface area contributed by atoms with Crippen LogP contribution in [0.25, 0.3) is 16.7 Å². The van der Waals surface area contributed by atoms with Gasteiger partial charge in [0.15, 0.2) is 5.65 Å². The lowest BCUT2D eigenvalue weighted by Gasteiger charge is -2.14. The van der Waals surface area contributed by atoms with Gasteiger partial charge in [0.25, 0.3) is 5.91 Å². The number of aryl methyl sites for hydroxylation is 1. The van der Waals surface area contributed by atoms with Gasteiger partial charge in [-0.3, -0.25) is 4.79 Å². The van der Waals surface area contributed by atoms with Gasteiger partial charge >= 0.3 is 0 Å². The summed E-state index contributed by atoms with van der Waals surface area (Å²) >= 11 is 6.03. The number of carbonyl (C=O) groups is 1. The maximum atomic E-state index is 13.2. The van der Waals surface area contributed by atoms with Gasteiger partial charge in [-0.1, -0.05) is 41.9 Å². The molecular weight excluding hydrogens is 450 g/mol. The molecule has 0 saturated heterocycles. The normalized spacial score (nSPS) is 11.0. The quantitative estimate of drug-likeness (QED) is 0.326. The van der Waals surface area contributed by atoms with Gasteiger partial charge in [-0.15, -0.1) is 0 Å². The fourth-order valence-electron chi connectivity index (χ4n) is 3.83. The maximum absolute atomic E-state index is 13.2. The Bertz CT molecular complexity index is 1430. The Kier molecular flexibility index (Phi) is 6.01. The summed E-state index contributed by atoms with van der Waals surface area (Å²) in [6, 6.07) is 21.0. The lowest BCUT2D eigenvalue weighted by Crippen LogP contribution is -2.24. The molecular formula is C26H22ClN5O2. The van der Waals surface area contributed by atoms with Crippen LogP contribution in [0.4, 0.5) is 5.69 Å². The van der Waals surface area contributed by atoms with Crippen molar-refractivity contribution in [2.24, 2.45) is 0 Å². The number of anilines is 1. The van der Waals surface area contributed by atoms with Crippen LogP contribution in [0, 0.1) is 6.92 Å². The Morgan fingerprint density at radius 1 is 1.03 bits per heavy atom. The molecule has 0 aliphatic carbocycles. The molecule has 3 heterocycles. The topological polar surface area (TPSA) is 85.0 Å². The Hall–Kier alpha value is -4.10. The van der Waals surface area contributed by atoms with Crippen LogP contribution in [0.15, 0.2) is 83.6 Å². The summed E-state index contributed by atoms with van der Waals surface area (Å²) in [6.45, 7) is 2.70. The van der Waals surface area contributed by atoms with Crippen molar-refractivity contribution in [3.05, 3.63) is 107 Å². The fourth-order valence-corrected chi connectivity index (χ4v) is 3.95. The molecule has 0 bridgehead atoms. The molecule has 5 aromatic rings. The molecule has 0 aliphatic heterocycles. The van der Waals surface area contributed by atoms with Crippen molar-refractivity contribution in [2.45, 2.75) is 20.0 Å². The first kappa shape index (κ1) is 21.7. The standard InChI is InChI=1S/C26H22ClN5O2/c1-17-23-24(28-14-18-9-11-19(27)12-10-18)22(26(33)30-15-21-8-5-13-34-21)16-29-25(23)32(31-17)20-6-3-2-4-7-20/h2-13,16H,14-15H2,1H3,(H,28,29)(H,30,33). The summed E-state index contributed by atoms with van der Waals surface area (Å²) in [4.78, 5) is 17.8. The molecule has 7 nitrogen and oxygen atoms in total. The highest BCUT2D eigenvalue weighted by molar-refractivity contribution is 6.30. The number of amides is 1. The first-order chi connectivity index (χ1) is 16.6. The van der Waals surface area contributed by atoms with Gasteiger partial charge in [0, 0.05) is 17.8 Å². The van der Waals surface area contributed by atoms with Crippen molar-refractivity contribution in [2.75, 3.05) is 5.32 Å². The van der Waals surface area contributed by atoms with E-state index in [-0.39, 0.29) is 12.5 Å². The number of aromatic nitrogens is 3. The number of rotatable bonds is 7. The molecule has 0 fully saturated rings. The summed E-state index contributed by atoms with van der Waals surface area (Å²) in [7, 11) is 0. The lowest BCUT2D eigenvalue weighted by atomic mass is 10.1. The largest absolute Gasteiger partial charge is 0.467 e. The second kappa shape index (κ2) is 9.41. The third-order valence-electron chi connectivity index (χ3n) is 5.50. The highest BCUT2D eigenvalue weighted by atomic mass is 35.5. The third-order valence-corrected chi connectivity index (χ3v) is 5.75. The van der Waals surface area contributed by atoms with Crippen LogP contribution in [-0.2, 0) is 13.1 Å². The first-order valence-electron chi connectivity index (χ1n) is 10.8. The van der Waals surface area contributed by atoms with E-state index >= 15 is 0 Å². The van der Waals surface area contributed by atoms with Gasteiger partial charge in [0.2, 0.25) is 0 Å². The Morgan fingerprint density at radius 3 is 2.56 bits per heavy atom. The van der Waals surface area contributed by atoms with E-state index in [1.165, 1.54) is 0 Å². The van der Waals surface area contributed by atoms with Crippen LogP contribution in [-0.4, -0.2) is 20.7 Å². The van der Waals surface area contributed by atoms with Crippen LogP contribution in [0.1, 0.15) is 27.4 Å². The summed E-state index contributed by atoms with van der Waals surface area (Å²) in [5.41, 5.74) is 4.48. The van der Waals surface area contributed by atoms with Crippen LogP contribution in [0.5, 0.6) is 0 Å². The summed E-state index contributed by atoms with van der Waals surface area (Å²) in [6.07, 6.45) is 3.17. The first-order valence-corrected chi connectivity index (χ1v) is 11.2. The number of carbonyl (C=O) groups excluding carboxylic acids is 1. The lowest BCUT2D eigenvalue weighted by molar-refractivity contribution is 0.0948. The SMILES string of the molecule is Cc1nn(-c2ccccc2)c2ncc(C(=O)NCc3ccco3)c(NCc3ccc(Cl)cc3)c12. The minimum Gasteiger partial charge on any atom is -0.467 e. The summed E-state index contributed by atoms with van der Waals surface area (Å²) < 4.78 is 7.13. The zero-order valence-corrected chi connectivity index (χ0v) is 19.2. The van der Waals surface area contributed by atoms with E-state index in [4.69, 9.17) is 21.1 Å². The molecule has 2 N–H and O–H groups in total. The van der Waals surface area contributed by atoms with E-state index in [1.54, 1.807) is 23.2 Å². The Morgan fingerprint density at radius 2 is 1.82 bits per heavy atom. The van der Waals surface area contributed by atoms with Crippen molar-refractivity contribution >= 4 is 34.2 Å². The maximum Gasteiger partial charge on any atom is 0.255 e. The number of hydrogen-bond acceptors (Lipinski definition) is 5. The Balaban J connectivity index is 1.55. The van der Waals surface area contributed by atoms with Crippen LogP contribution in [0.3, 0.4) is 0 Å². The average molecular weight is 472 g/mol. The van der Waals surface area contributed by atoms with E-state index in [0.717, 1.165) is 22.3 Å². The van der Waals surface area contributed by atoms with Crippen LogP contribution < -0.4 is 10.6 Å². The fraction of sp³-hybridized carbons (Fsp3) is 0.115. The average Bonchev–Trinajstić information content (AvgIpc) is 3.50. The monoisotopic (exact) mass is 471 g/mol. The molecule has 8 heteroatoms. The van der Waals surface area contributed by atoms with Crippen molar-refractivity contribution in [3.8, 4) is 5.69 Å². The number of fused-ring (bicyclic) bond motifs is 1. The van der Waals surface area contributed by atoms with Gasteiger partial charge < -0.3 is 15.1 Å². The van der Waals surface area contributed by atoms with Crippen molar-refractivity contribution in [1.29, 1.82) is 0 Å². The predicted molar refractivity (Wildman–Crippen MR) is 132 cm³/mol. The zero-order valence-electron chi connectivity index (χ0n) is 18.5. The second-order valence-corrected chi connectivity index (χ2v) is 8.26. The molecule has 0 radical (unpaired) electrons. The summed E-state index contributed by atoms with van der Waals surface area (Å²) in [5, 5.41) is 12.6. The van der Waals surface area contributed by atoms with E-state index in [2.05, 4.69) is 15.6 Å². The van der Waals surface area contributed by atoms with Gasteiger partial charge in [0.05, 0.1) is 40.8 Å². The van der Waals surface area contributed by atoms with Crippen molar-refractivity contribution in [3.63, 3.8) is 0 Å². The highest BCUT2D eigenvalue weighted by Crippen LogP contribution is 2.31. The molecule has 170 valence electrons. The molecule has 0 saturated carbocycles. The number of benzene rings is 2. The summed E-state index contributed by atoms with van der Waals surface area (Å²) in [5.74, 6) is 0.419. The third kappa shape index (κ3) is 4.38. The molecule has 0 atom stereocenters. The van der Waals surface area contributed by atoms with Gasteiger partial charge in [-0.2, -0.15) is 5.10 Å². The molecule has 5 rings (SSSR count). The molecule has 34 heavy (non-hydrogen) atoms. The molecule has 0 unspecified atom stereocenters. The Labute approximate surface area is 201 Å². The van der Waals surface area contributed by atoms with E-state index in [0.29, 0.717) is 34.2 Å². The molecule has 0 spiro atoms. The predicted octanol–water partition coefficient (Wildman–Crippen LogP) is 5.52. The van der Waals surface area contributed by atoms with Gasteiger partial charge in [-0.05, 0) is 48.9 Å². The molecule has 0 aliphatic rings. The number of nitrogens with one attached hydrogen (secondary N) is 2. The molecule has 2 aromatic carbocycles. The van der Waals surface area contributed by atoms with E-state index in [9.17, 15) is 4.79 Å². The second-order valence-electron chi connectivity index (χ2n) is 7.82. The number of hydrogen-bond donors (Lipinski definition) is 2. The smallest absolute Gasteiger partial charge is 0.255 e. The zero-order chi connectivity index (χ0) is 23.5. The van der Waals surface area contributed by atoms with E-state index < -0.39 is 0 Å². The van der Waals surface area contributed by atoms with Crippen LogP contribution in [0.2, 0.25) is 5.02 Å². The minimum atomic E-state index is -0.253. The molecule has 3 aromatic heterocycles. The van der Waals surface area contributed by atoms with Gasteiger partial charge in [-0.25, -0.2) is 9.67 Å². The van der Waals surface area contributed by atoms with Crippen molar-refractivity contribution < 1.29 is 9.21 Å². The van der Waals surface area contributed by atoms with Gasteiger partial charge in [0.1, 0.15) is 5.76 Å². The van der Waals surface area contributed by atoms with Crippen LogP contribution >= 0.6 is 11.6 Å². The number of halogens is 1. The molecule has 1 amide bonds. The highest BCUT2D eigenvalue weighted by Gasteiger charge is 2.21. The number of para-hydroxylation sites is 1.